The molecule has 3 aromatic rings. The molecule has 0 saturated carbocycles. The molecule has 3 nitrogen and oxygen atoms in total. The smallest absolute Gasteiger partial charge is 0.254 e. The first-order valence-electron chi connectivity index (χ1n) is 10.7. The van der Waals surface area contributed by atoms with E-state index in [2.05, 4.69) is 73.9 Å². The molecule has 1 aromatic heterocycles. The monoisotopic (exact) mass is 398 g/mol. The fraction of sp³-hybridized carbons (Fsp3) is 0.296. The topological polar surface area (TPSA) is 25.2 Å². The Morgan fingerprint density at radius 1 is 1.07 bits per heavy atom. The van der Waals surface area contributed by atoms with Crippen molar-refractivity contribution in [2.45, 2.75) is 40.7 Å². The van der Waals surface area contributed by atoms with E-state index in [4.69, 9.17) is 0 Å². The Balaban J connectivity index is 1.66. The van der Waals surface area contributed by atoms with Gasteiger partial charge in [-0.3, -0.25) is 4.79 Å². The van der Waals surface area contributed by atoms with Crippen molar-refractivity contribution in [2.75, 3.05) is 13.1 Å². The summed E-state index contributed by atoms with van der Waals surface area (Å²) in [7, 11) is 0. The highest BCUT2D eigenvalue weighted by Crippen LogP contribution is 2.28. The fourth-order valence-electron chi connectivity index (χ4n) is 4.39. The number of hydrogen-bond donors (Lipinski definition) is 0. The molecule has 0 fully saturated rings. The van der Waals surface area contributed by atoms with Crippen molar-refractivity contribution in [3.05, 3.63) is 94.2 Å². The van der Waals surface area contributed by atoms with Crippen LogP contribution in [0.3, 0.4) is 0 Å². The molecular formula is C27H30N2O. The molecule has 0 bridgehead atoms. The average Bonchev–Trinajstić information content (AvgIpc) is 3.00. The number of aromatic nitrogens is 1. The number of amides is 1. The van der Waals surface area contributed by atoms with E-state index in [-0.39, 0.29) is 5.91 Å². The van der Waals surface area contributed by atoms with Crippen molar-refractivity contribution < 1.29 is 4.79 Å². The molecule has 2 aromatic carbocycles. The Labute approximate surface area is 179 Å². The summed E-state index contributed by atoms with van der Waals surface area (Å²) in [6.07, 6.45) is 5.13. The van der Waals surface area contributed by atoms with E-state index < -0.39 is 0 Å². The maximum atomic E-state index is 13.3. The van der Waals surface area contributed by atoms with Gasteiger partial charge in [0.15, 0.2) is 0 Å². The number of nitrogens with zero attached hydrogens (tertiary/aromatic N) is 2. The van der Waals surface area contributed by atoms with E-state index in [1.807, 2.05) is 24.0 Å². The SMILES string of the molecule is C/C=C\C1=C(C)CCN(C(=O)c2ccc3c(c2)c(C)c(C)n3Cc2ccccc2)C1. The summed E-state index contributed by atoms with van der Waals surface area (Å²) in [5, 5.41) is 1.17. The maximum Gasteiger partial charge on any atom is 0.254 e. The van der Waals surface area contributed by atoms with Crippen LogP contribution in [0.25, 0.3) is 10.9 Å². The standard InChI is InChI=1S/C27H30N2O/c1-5-9-24-18-28(15-14-19(24)2)27(30)23-12-13-26-25(16-23)20(3)21(4)29(26)17-22-10-7-6-8-11-22/h5-13,16H,14-15,17-18H2,1-4H3/b9-5-. The summed E-state index contributed by atoms with van der Waals surface area (Å²) in [4.78, 5) is 15.2. The second kappa shape index (κ2) is 8.35. The molecule has 0 spiro atoms. The molecule has 1 amide bonds. The van der Waals surface area contributed by atoms with Crippen molar-refractivity contribution in [1.82, 2.24) is 9.47 Å². The number of rotatable bonds is 4. The fourth-order valence-corrected chi connectivity index (χ4v) is 4.39. The molecule has 3 heteroatoms. The highest BCUT2D eigenvalue weighted by atomic mass is 16.2. The van der Waals surface area contributed by atoms with E-state index in [0.717, 1.165) is 25.1 Å². The number of benzene rings is 2. The van der Waals surface area contributed by atoms with Crippen LogP contribution < -0.4 is 0 Å². The highest BCUT2D eigenvalue weighted by Gasteiger charge is 2.22. The van der Waals surface area contributed by atoms with Crippen LogP contribution in [0.5, 0.6) is 0 Å². The molecule has 2 heterocycles. The van der Waals surface area contributed by atoms with Gasteiger partial charge in [0.05, 0.1) is 0 Å². The Morgan fingerprint density at radius 3 is 2.57 bits per heavy atom. The molecule has 0 N–H and O–H groups in total. The first kappa shape index (κ1) is 20.2. The Morgan fingerprint density at radius 2 is 1.83 bits per heavy atom. The second-order valence-corrected chi connectivity index (χ2v) is 8.30. The van der Waals surface area contributed by atoms with Gasteiger partial charge in [-0.2, -0.15) is 0 Å². The van der Waals surface area contributed by atoms with Crippen molar-refractivity contribution in [1.29, 1.82) is 0 Å². The minimum Gasteiger partial charge on any atom is -0.340 e. The molecule has 0 aliphatic carbocycles. The minimum absolute atomic E-state index is 0.124. The predicted molar refractivity (Wildman–Crippen MR) is 125 cm³/mol. The molecule has 0 radical (unpaired) electrons. The number of allylic oxidation sites excluding steroid dienone is 1. The van der Waals surface area contributed by atoms with Gasteiger partial charge in [-0.05, 0) is 69.0 Å². The number of hydrogen-bond acceptors (Lipinski definition) is 1. The lowest BCUT2D eigenvalue weighted by molar-refractivity contribution is 0.0765. The van der Waals surface area contributed by atoms with Gasteiger partial charge in [0.2, 0.25) is 0 Å². The third-order valence-corrected chi connectivity index (χ3v) is 6.39. The van der Waals surface area contributed by atoms with Gasteiger partial charge in [-0.15, -0.1) is 0 Å². The average molecular weight is 399 g/mol. The van der Waals surface area contributed by atoms with Crippen LogP contribution >= 0.6 is 0 Å². The van der Waals surface area contributed by atoms with Crippen LogP contribution in [0.4, 0.5) is 0 Å². The lowest BCUT2D eigenvalue weighted by atomic mass is 10.00. The molecule has 30 heavy (non-hydrogen) atoms. The zero-order valence-corrected chi connectivity index (χ0v) is 18.4. The third kappa shape index (κ3) is 3.72. The zero-order valence-electron chi connectivity index (χ0n) is 18.4. The molecule has 1 aliphatic heterocycles. The molecule has 154 valence electrons. The third-order valence-electron chi connectivity index (χ3n) is 6.39. The largest absolute Gasteiger partial charge is 0.340 e. The van der Waals surface area contributed by atoms with Crippen LogP contribution in [-0.4, -0.2) is 28.5 Å². The van der Waals surface area contributed by atoms with Gasteiger partial charge >= 0.3 is 0 Å². The molecule has 0 saturated heterocycles. The Hall–Kier alpha value is -3.07. The van der Waals surface area contributed by atoms with Crippen LogP contribution in [-0.2, 0) is 6.54 Å². The summed E-state index contributed by atoms with van der Waals surface area (Å²) in [6.45, 7) is 10.8. The lowest BCUT2D eigenvalue weighted by Gasteiger charge is -2.29. The Kier molecular flexibility index (Phi) is 5.63. The van der Waals surface area contributed by atoms with Crippen LogP contribution in [0.15, 0.2) is 71.8 Å². The molecule has 1 aliphatic rings. The van der Waals surface area contributed by atoms with E-state index in [0.29, 0.717) is 6.54 Å². The first-order valence-corrected chi connectivity index (χ1v) is 10.7. The van der Waals surface area contributed by atoms with E-state index >= 15 is 0 Å². The van der Waals surface area contributed by atoms with E-state index in [1.165, 1.54) is 38.9 Å². The lowest BCUT2D eigenvalue weighted by Crippen LogP contribution is -2.36. The number of carbonyl (C=O) groups excluding carboxylic acids is 1. The summed E-state index contributed by atoms with van der Waals surface area (Å²) in [5.74, 6) is 0.124. The van der Waals surface area contributed by atoms with Gasteiger partial charge in [0, 0.05) is 41.8 Å². The molecule has 0 unspecified atom stereocenters. The first-order chi connectivity index (χ1) is 14.5. The van der Waals surface area contributed by atoms with Crippen molar-refractivity contribution in [2.24, 2.45) is 0 Å². The van der Waals surface area contributed by atoms with Gasteiger partial charge in [-0.1, -0.05) is 48.1 Å². The Bertz CT molecular complexity index is 1150. The second-order valence-electron chi connectivity index (χ2n) is 8.30. The highest BCUT2D eigenvalue weighted by molar-refractivity contribution is 5.99. The number of aryl methyl sites for hydroxylation is 1. The van der Waals surface area contributed by atoms with E-state index in [1.54, 1.807) is 0 Å². The van der Waals surface area contributed by atoms with E-state index in [9.17, 15) is 4.79 Å². The minimum atomic E-state index is 0.124. The van der Waals surface area contributed by atoms with Crippen LogP contribution in [0, 0.1) is 13.8 Å². The number of carbonyl (C=O) groups is 1. The van der Waals surface area contributed by atoms with Crippen molar-refractivity contribution >= 4 is 16.8 Å². The number of fused-ring (bicyclic) bond motifs is 1. The molecule has 4 rings (SSSR count). The van der Waals surface area contributed by atoms with Crippen molar-refractivity contribution in [3.8, 4) is 0 Å². The van der Waals surface area contributed by atoms with Gasteiger partial charge in [-0.25, -0.2) is 0 Å². The zero-order chi connectivity index (χ0) is 21.3. The normalized spacial score (nSPS) is 14.9. The molecular weight excluding hydrogens is 368 g/mol. The van der Waals surface area contributed by atoms with Gasteiger partial charge < -0.3 is 9.47 Å². The predicted octanol–water partition coefficient (Wildman–Crippen LogP) is 6.04. The van der Waals surface area contributed by atoms with Gasteiger partial charge in [0.1, 0.15) is 0 Å². The van der Waals surface area contributed by atoms with Crippen LogP contribution in [0.1, 0.15) is 47.4 Å². The summed E-state index contributed by atoms with van der Waals surface area (Å²) in [5.41, 5.74) is 8.40. The summed E-state index contributed by atoms with van der Waals surface area (Å²) >= 11 is 0. The van der Waals surface area contributed by atoms with Crippen LogP contribution in [0.2, 0.25) is 0 Å². The maximum absolute atomic E-state index is 13.3. The molecule has 0 atom stereocenters. The van der Waals surface area contributed by atoms with Crippen molar-refractivity contribution in [3.63, 3.8) is 0 Å². The van der Waals surface area contributed by atoms with Gasteiger partial charge in [0.25, 0.3) is 5.91 Å². The summed E-state index contributed by atoms with van der Waals surface area (Å²) in [6, 6.07) is 16.7. The summed E-state index contributed by atoms with van der Waals surface area (Å²) < 4.78 is 2.35. The quantitative estimate of drug-likeness (QED) is 0.525.